The normalized spacial score (nSPS) is 16.8. The predicted molar refractivity (Wildman–Crippen MR) is 96.5 cm³/mol. The number of hydrogen-bond acceptors (Lipinski definition) is 5. The second-order valence-electron chi connectivity index (χ2n) is 5.77. The SMILES string of the molecule is COc1ccc(N2C[C@H](NC(=O)Cc3cccs3)CC2=O)cc1OC. The second kappa shape index (κ2) is 7.57. The lowest BCUT2D eigenvalue weighted by Crippen LogP contribution is -2.37. The summed E-state index contributed by atoms with van der Waals surface area (Å²) in [6, 6.07) is 9.02. The quantitative estimate of drug-likeness (QED) is 0.858. The third-order valence-corrected chi connectivity index (χ3v) is 4.96. The fourth-order valence-electron chi connectivity index (χ4n) is 2.90. The minimum Gasteiger partial charge on any atom is -0.493 e. The van der Waals surface area contributed by atoms with Crippen LogP contribution in [0, 0.1) is 0 Å². The van der Waals surface area contributed by atoms with Crippen LogP contribution in [-0.4, -0.2) is 38.6 Å². The van der Waals surface area contributed by atoms with Gasteiger partial charge >= 0.3 is 0 Å². The number of carbonyl (C=O) groups is 2. The summed E-state index contributed by atoms with van der Waals surface area (Å²) in [5.41, 5.74) is 0.734. The van der Waals surface area contributed by atoms with Crippen LogP contribution in [0.2, 0.25) is 0 Å². The molecule has 1 aromatic carbocycles. The van der Waals surface area contributed by atoms with Crippen LogP contribution < -0.4 is 19.7 Å². The Balaban J connectivity index is 1.65. The molecule has 1 aliphatic rings. The average molecular weight is 360 g/mol. The van der Waals surface area contributed by atoms with Gasteiger partial charge in [-0.3, -0.25) is 9.59 Å². The molecule has 132 valence electrons. The molecule has 1 atom stereocenters. The molecule has 1 aliphatic heterocycles. The molecule has 0 radical (unpaired) electrons. The first-order valence-corrected chi connectivity index (χ1v) is 8.83. The van der Waals surface area contributed by atoms with Crippen molar-refractivity contribution < 1.29 is 19.1 Å². The molecule has 1 fully saturated rings. The lowest BCUT2D eigenvalue weighted by atomic mass is 10.2. The number of methoxy groups -OCH3 is 2. The van der Waals surface area contributed by atoms with Crippen LogP contribution in [0.4, 0.5) is 5.69 Å². The monoisotopic (exact) mass is 360 g/mol. The highest BCUT2D eigenvalue weighted by Crippen LogP contribution is 2.33. The van der Waals surface area contributed by atoms with E-state index >= 15 is 0 Å². The van der Waals surface area contributed by atoms with Gasteiger partial charge in [-0.15, -0.1) is 11.3 Å². The van der Waals surface area contributed by atoms with Gasteiger partial charge in [-0.25, -0.2) is 0 Å². The molecule has 2 aromatic rings. The summed E-state index contributed by atoms with van der Waals surface area (Å²) >= 11 is 1.55. The van der Waals surface area contributed by atoms with Crippen LogP contribution in [0.1, 0.15) is 11.3 Å². The molecule has 1 N–H and O–H groups in total. The van der Waals surface area contributed by atoms with Crippen LogP contribution >= 0.6 is 11.3 Å². The van der Waals surface area contributed by atoms with Gasteiger partial charge < -0.3 is 19.7 Å². The Kier molecular flexibility index (Phi) is 5.23. The number of thiophene rings is 1. The Morgan fingerprint density at radius 3 is 2.76 bits per heavy atom. The summed E-state index contributed by atoms with van der Waals surface area (Å²) in [4.78, 5) is 27.1. The third kappa shape index (κ3) is 3.93. The van der Waals surface area contributed by atoms with Gasteiger partial charge in [-0.05, 0) is 23.6 Å². The van der Waals surface area contributed by atoms with Crippen molar-refractivity contribution in [3.05, 3.63) is 40.6 Å². The van der Waals surface area contributed by atoms with Gasteiger partial charge in [0.15, 0.2) is 11.5 Å². The minimum atomic E-state index is -0.187. The van der Waals surface area contributed by atoms with E-state index in [2.05, 4.69) is 5.32 Å². The van der Waals surface area contributed by atoms with Gasteiger partial charge in [0.25, 0.3) is 0 Å². The van der Waals surface area contributed by atoms with E-state index in [0.717, 1.165) is 10.6 Å². The molecule has 2 heterocycles. The van der Waals surface area contributed by atoms with Crippen molar-refractivity contribution in [3.8, 4) is 11.5 Å². The van der Waals surface area contributed by atoms with Crippen molar-refractivity contribution in [2.24, 2.45) is 0 Å². The summed E-state index contributed by atoms with van der Waals surface area (Å²) in [6.45, 7) is 0.449. The molecule has 25 heavy (non-hydrogen) atoms. The van der Waals surface area contributed by atoms with Crippen molar-refractivity contribution in [2.45, 2.75) is 18.9 Å². The largest absolute Gasteiger partial charge is 0.493 e. The molecule has 0 aliphatic carbocycles. The summed E-state index contributed by atoms with van der Waals surface area (Å²) < 4.78 is 10.5. The Morgan fingerprint density at radius 2 is 2.08 bits per heavy atom. The third-order valence-electron chi connectivity index (χ3n) is 4.08. The van der Waals surface area contributed by atoms with Gasteiger partial charge in [-0.2, -0.15) is 0 Å². The van der Waals surface area contributed by atoms with E-state index in [0.29, 0.717) is 30.9 Å². The first-order valence-electron chi connectivity index (χ1n) is 7.95. The zero-order chi connectivity index (χ0) is 17.8. The standard InChI is InChI=1S/C18H20N2O4S/c1-23-15-6-5-13(9-16(15)24-2)20-11-12(8-18(20)22)19-17(21)10-14-4-3-7-25-14/h3-7,9,12H,8,10-11H2,1-2H3,(H,19,21)/t12-/m1/s1. The lowest BCUT2D eigenvalue weighted by Gasteiger charge is -2.19. The van der Waals surface area contributed by atoms with Gasteiger partial charge in [0, 0.05) is 29.6 Å². The summed E-state index contributed by atoms with van der Waals surface area (Å²) in [7, 11) is 3.12. The number of rotatable bonds is 6. The molecule has 1 aromatic heterocycles. The number of ether oxygens (including phenoxy) is 2. The van der Waals surface area contributed by atoms with Crippen molar-refractivity contribution in [1.29, 1.82) is 0 Å². The minimum absolute atomic E-state index is 0.0198. The van der Waals surface area contributed by atoms with Crippen LogP contribution in [0.25, 0.3) is 0 Å². The number of amides is 2. The van der Waals surface area contributed by atoms with Crippen LogP contribution in [0.3, 0.4) is 0 Å². The molecule has 0 saturated carbocycles. The Labute approximate surface area is 150 Å². The van der Waals surface area contributed by atoms with E-state index in [1.807, 2.05) is 23.6 Å². The fraction of sp³-hybridized carbons (Fsp3) is 0.333. The highest BCUT2D eigenvalue weighted by Gasteiger charge is 2.32. The predicted octanol–water partition coefficient (Wildman–Crippen LogP) is 2.23. The topological polar surface area (TPSA) is 67.9 Å². The maximum atomic E-state index is 12.3. The van der Waals surface area contributed by atoms with E-state index in [-0.39, 0.29) is 17.9 Å². The molecular weight excluding hydrogens is 340 g/mol. The maximum absolute atomic E-state index is 12.3. The van der Waals surface area contributed by atoms with Gasteiger partial charge in [0.05, 0.1) is 26.7 Å². The summed E-state index contributed by atoms with van der Waals surface area (Å²) in [6.07, 6.45) is 0.642. The number of benzene rings is 1. The fourth-order valence-corrected chi connectivity index (χ4v) is 3.60. The van der Waals surface area contributed by atoms with Crippen LogP contribution in [0.15, 0.2) is 35.7 Å². The molecule has 0 spiro atoms. The van der Waals surface area contributed by atoms with Crippen molar-refractivity contribution in [2.75, 3.05) is 25.7 Å². The lowest BCUT2D eigenvalue weighted by molar-refractivity contribution is -0.121. The van der Waals surface area contributed by atoms with E-state index in [1.165, 1.54) is 0 Å². The van der Waals surface area contributed by atoms with Gasteiger partial charge in [-0.1, -0.05) is 6.07 Å². The van der Waals surface area contributed by atoms with Crippen molar-refractivity contribution >= 4 is 28.8 Å². The van der Waals surface area contributed by atoms with Crippen LogP contribution in [0.5, 0.6) is 11.5 Å². The molecule has 0 bridgehead atoms. The first kappa shape index (κ1) is 17.3. The molecular formula is C18H20N2O4S. The first-order chi connectivity index (χ1) is 12.1. The second-order valence-corrected chi connectivity index (χ2v) is 6.80. The Hall–Kier alpha value is -2.54. The van der Waals surface area contributed by atoms with E-state index < -0.39 is 0 Å². The summed E-state index contributed by atoms with van der Waals surface area (Å²) in [5, 5.41) is 4.89. The summed E-state index contributed by atoms with van der Waals surface area (Å²) in [5.74, 6) is 1.10. The maximum Gasteiger partial charge on any atom is 0.229 e. The van der Waals surface area contributed by atoms with Crippen LogP contribution in [-0.2, 0) is 16.0 Å². The molecule has 2 amide bonds. The average Bonchev–Trinajstić information content (AvgIpc) is 3.23. The number of nitrogens with one attached hydrogen (secondary N) is 1. The highest BCUT2D eigenvalue weighted by molar-refractivity contribution is 7.10. The highest BCUT2D eigenvalue weighted by atomic mass is 32.1. The van der Waals surface area contributed by atoms with E-state index in [1.54, 1.807) is 42.6 Å². The molecule has 7 heteroatoms. The van der Waals surface area contributed by atoms with Gasteiger partial charge in [0.2, 0.25) is 11.8 Å². The smallest absolute Gasteiger partial charge is 0.229 e. The number of nitrogens with zero attached hydrogens (tertiary/aromatic N) is 1. The van der Waals surface area contributed by atoms with Crippen molar-refractivity contribution in [3.63, 3.8) is 0 Å². The molecule has 1 saturated heterocycles. The zero-order valence-electron chi connectivity index (χ0n) is 14.2. The number of anilines is 1. The molecule has 3 rings (SSSR count). The molecule has 0 unspecified atom stereocenters. The number of carbonyl (C=O) groups excluding carboxylic acids is 2. The Morgan fingerprint density at radius 1 is 1.28 bits per heavy atom. The van der Waals surface area contributed by atoms with E-state index in [4.69, 9.17) is 9.47 Å². The Bertz CT molecular complexity index is 760. The van der Waals surface area contributed by atoms with Crippen molar-refractivity contribution in [1.82, 2.24) is 5.32 Å². The molecule has 6 nitrogen and oxygen atoms in total. The van der Waals surface area contributed by atoms with Gasteiger partial charge in [0.1, 0.15) is 0 Å². The number of hydrogen-bond donors (Lipinski definition) is 1. The van der Waals surface area contributed by atoms with E-state index in [9.17, 15) is 9.59 Å². The zero-order valence-corrected chi connectivity index (χ0v) is 15.0.